The summed E-state index contributed by atoms with van der Waals surface area (Å²) in [5.41, 5.74) is 1.46. The molecule has 0 spiro atoms. The fraction of sp³-hybridized carbons (Fsp3) is 0.759. The first-order valence-corrected chi connectivity index (χ1v) is 13.3. The SMILES string of the molecule is CC(F)(F)Oc1ccc(C(=N)[C@H]2CC[C@H]3C4CC[C@@H]5C[C@](C)(O)CC[C@]5(C)[C@H]4CC[C@]23C)cc1. The van der Waals surface area contributed by atoms with E-state index in [4.69, 9.17) is 5.41 Å². The van der Waals surface area contributed by atoms with Crippen molar-refractivity contribution in [1.82, 2.24) is 0 Å². The van der Waals surface area contributed by atoms with Crippen LogP contribution in [0.15, 0.2) is 24.3 Å². The molecule has 5 heteroatoms. The third kappa shape index (κ3) is 4.00. The van der Waals surface area contributed by atoms with Crippen LogP contribution < -0.4 is 4.74 Å². The van der Waals surface area contributed by atoms with Crippen molar-refractivity contribution in [3.8, 4) is 5.75 Å². The molecule has 0 radical (unpaired) electrons. The molecule has 5 rings (SSSR count). The fourth-order valence-electron chi connectivity index (χ4n) is 9.02. The highest BCUT2D eigenvalue weighted by atomic mass is 19.3. The van der Waals surface area contributed by atoms with Crippen LogP contribution >= 0.6 is 0 Å². The van der Waals surface area contributed by atoms with E-state index in [9.17, 15) is 13.9 Å². The fourth-order valence-corrected chi connectivity index (χ4v) is 9.02. The normalized spacial score (nSPS) is 44.0. The second-order valence-corrected chi connectivity index (χ2v) is 12.9. The molecule has 0 heterocycles. The van der Waals surface area contributed by atoms with Gasteiger partial charge in [0, 0.05) is 18.6 Å². The zero-order valence-corrected chi connectivity index (χ0v) is 21.2. The topological polar surface area (TPSA) is 53.3 Å². The summed E-state index contributed by atoms with van der Waals surface area (Å²) in [7, 11) is 0. The molecule has 0 aliphatic heterocycles. The molecule has 0 aromatic heterocycles. The monoisotopic (exact) mass is 473 g/mol. The third-order valence-electron chi connectivity index (χ3n) is 10.8. The zero-order valence-electron chi connectivity index (χ0n) is 21.2. The molecule has 4 saturated carbocycles. The zero-order chi connectivity index (χ0) is 24.5. The van der Waals surface area contributed by atoms with E-state index in [1.807, 2.05) is 6.92 Å². The van der Waals surface area contributed by atoms with Gasteiger partial charge in [-0.2, -0.15) is 8.78 Å². The molecule has 8 atom stereocenters. The van der Waals surface area contributed by atoms with Crippen LogP contribution in [0.25, 0.3) is 0 Å². The van der Waals surface area contributed by atoms with Crippen LogP contribution in [-0.2, 0) is 0 Å². The summed E-state index contributed by atoms with van der Waals surface area (Å²) in [4.78, 5) is 0. The Morgan fingerprint density at radius 1 is 0.941 bits per heavy atom. The van der Waals surface area contributed by atoms with Crippen LogP contribution in [0.1, 0.15) is 91.0 Å². The lowest BCUT2D eigenvalue weighted by Gasteiger charge is -2.62. The second-order valence-electron chi connectivity index (χ2n) is 12.9. The minimum atomic E-state index is -3.20. The van der Waals surface area contributed by atoms with Crippen molar-refractivity contribution in [2.24, 2.45) is 40.4 Å². The van der Waals surface area contributed by atoms with Crippen molar-refractivity contribution in [2.75, 3.05) is 0 Å². The molecule has 34 heavy (non-hydrogen) atoms. The number of hydrogen-bond acceptors (Lipinski definition) is 3. The van der Waals surface area contributed by atoms with Crippen LogP contribution in [-0.4, -0.2) is 22.5 Å². The molecular formula is C29H41F2NO2. The lowest BCUT2D eigenvalue weighted by Crippen LogP contribution is -2.55. The molecule has 4 aliphatic carbocycles. The number of benzene rings is 1. The number of alkyl halides is 2. The van der Waals surface area contributed by atoms with Gasteiger partial charge in [0.25, 0.3) is 0 Å². The Morgan fingerprint density at radius 3 is 2.29 bits per heavy atom. The van der Waals surface area contributed by atoms with Gasteiger partial charge in [0.2, 0.25) is 0 Å². The van der Waals surface area contributed by atoms with E-state index in [-0.39, 0.29) is 17.1 Å². The molecule has 2 N–H and O–H groups in total. The van der Waals surface area contributed by atoms with Gasteiger partial charge in [-0.05, 0) is 129 Å². The van der Waals surface area contributed by atoms with E-state index in [1.54, 1.807) is 24.3 Å². The summed E-state index contributed by atoms with van der Waals surface area (Å²) in [5, 5.41) is 19.8. The number of ether oxygens (including phenoxy) is 1. The first-order chi connectivity index (χ1) is 15.8. The van der Waals surface area contributed by atoms with Gasteiger partial charge in [0.15, 0.2) is 0 Å². The maximum atomic E-state index is 13.2. The van der Waals surface area contributed by atoms with E-state index in [0.29, 0.717) is 23.0 Å². The molecule has 4 fully saturated rings. The lowest BCUT2D eigenvalue weighted by molar-refractivity contribution is -0.158. The van der Waals surface area contributed by atoms with Crippen LogP contribution in [0.3, 0.4) is 0 Å². The van der Waals surface area contributed by atoms with Gasteiger partial charge in [-0.1, -0.05) is 13.8 Å². The maximum Gasteiger partial charge on any atom is 0.394 e. The number of aliphatic hydroxyl groups is 1. The molecule has 1 aromatic rings. The Kier molecular flexibility index (Phi) is 5.71. The Balaban J connectivity index is 1.33. The number of nitrogens with one attached hydrogen (secondary N) is 1. The van der Waals surface area contributed by atoms with Crippen LogP contribution in [0.4, 0.5) is 8.78 Å². The average Bonchev–Trinajstić information content (AvgIpc) is 3.10. The van der Waals surface area contributed by atoms with Gasteiger partial charge < -0.3 is 15.3 Å². The highest BCUT2D eigenvalue weighted by Gasteiger charge is 2.61. The quantitative estimate of drug-likeness (QED) is 0.446. The Morgan fingerprint density at radius 2 is 1.62 bits per heavy atom. The van der Waals surface area contributed by atoms with E-state index < -0.39 is 11.7 Å². The second kappa shape index (κ2) is 8.01. The molecule has 0 bridgehead atoms. The summed E-state index contributed by atoms with van der Waals surface area (Å²) >= 11 is 0. The van der Waals surface area contributed by atoms with Crippen molar-refractivity contribution in [3.63, 3.8) is 0 Å². The van der Waals surface area contributed by atoms with Crippen LogP contribution in [0.5, 0.6) is 5.75 Å². The third-order valence-corrected chi connectivity index (χ3v) is 10.8. The van der Waals surface area contributed by atoms with Crippen molar-refractivity contribution in [1.29, 1.82) is 5.41 Å². The van der Waals surface area contributed by atoms with Gasteiger partial charge in [0.1, 0.15) is 5.75 Å². The minimum Gasteiger partial charge on any atom is -0.433 e. The number of halogens is 2. The predicted octanol–water partition coefficient (Wildman–Crippen LogP) is 7.46. The van der Waals surface area contributed by atoms with Crippen molar-refractivity contribution in [2.45, 2.75) is 97.2 Å². The average molecular weight is 474 g/mol. The largest absolute Gasteiger partial charge is 0.433 e. The standard InChI is InChI=1S/C29H41F2NO2/c1-26(33)15-16-27(2)19(17-26)7-10-21-22-11-12-24(28(22,3)14-13-23(21)27)25(32)18-5-8-20(9-6-18)34-29(4,30)31/h5-6,8-9,19,21-24,32-33H,7,10-17H2,1-4H3/t19-,21?,22+,23+,24-,26-,27+,28+/m1/s1. The van der Waals surface area contributed by atoms with Crippen LogP contribution in [0, 0.1) is 45.8 Å². The number of rotatable bonds is 4. The van der Waals surface area contributed by atoms with E-state index in [0.717, 1.165) is 56.4 Å². The summed E-state index contributed by atoms with van der Waals surface area (Å²) in [5.74, 6) is 3.10. The summed E-state index contributed by atoms with van der Waals surface area (Å²) < 4.78 is 31.0. The molecular weight excluding hydrogens is 432 g/mol. The van der Waals surface area contributed by atoms with Crippen molar-refractivity contribution < 1.29 is 18.6 Å². The van der Waals surface area contributed by atoms with Gasteiger partial charge in [-0.25, -0.2) is 0 Å². The number of hydrogen-bond donors (Lipinski definition) is 2. The highest BCUT2D eigenvalue weighted by molar-refractivity contribution is 6.00. The van der Waals surface area contributed by atoms with E-state index >= 15 is 0 Å². The minimum absolute atomic E-state index is 0.132. The maximum absolute atomic E-state index is 13.2. The lowest BCUT2D eigenvalue weighted by atomic mass is 9.44. The molecule has 0 saturated heterocycles. The predicted molar refractivity (Wildman–Crippen MR) is 130 cm³/mol. The Bertz CT molecular complexity index is 938. The highest BCUT2D eigenvalue weighted by Crippen LogP contribution is 2.68. The first kappa shape index (κ1) is 24.2. The van der Waals surface area contributed by atoms with Gasteiger partial charge in [-0.15, -0.1) is 0 Å². The summed E-state index contributed by atoms with van der Waals surface area (Å²) in [6, 6.07) is 6.66. The first-order valence-electron chi connectivity index (χ1n) is 13.3. The Labute approximate surface area is 203 Å². The summed E-state index contributed by atoms with van der Waals surface area (Å²) in [6.45, 7) is 7.71. The molecule has 188 valence electrons. The van der Waals surface area contributed by atoms with Crippen molar-refractivity contribution >= 4 is 5.71 Å². The summed E-state index contributed by atoms with van der Waals surface area (Å²) in [6.07, 6.45) is 6.92. The van der Waals surface area contributed by atoms with Gasteiger partial charge >= 0.3 is 6.11 Å². The van der Waals surface area contributed by atoms with E-state index in [2.05, 4.69) is 18.6 Å². The molecule has 1 aromatic carbocycles. The number of fused-ring (bicyclic) bond motifs is 5. The Hall–Kier alpha value is -1.49. The van der Waals surface area contributed by atoms with Gasteiger partial charge in [0.05, 0.1) is 5.60 Å². The molecule has 3 nitrogen and oxygen atoms in total. The molecule has 0 amide bonds. The van der Waals surface area contributed by atoms with Crippen molar-refractivity contribution in [3.05, 3.63) is 29.8 Å². The van der Waals surface area contributed by atoms with Gasteiger partial charge in [-0.3, -0.25) is 0 Å². The molecule has 1 unspecified atom stereocenters. The van der Waals surface area contributed by atoms with Crippen LogP contribution in [0.2, 0.25) is 0 Å². The smallest absolute Gasteiger partial charge is 0.394 e. The van der Waals surface area contributed by atoms with E-state index in [1.165, 1.54) is 25.7 Å². The molecule has 4 aliphatic rings.